The van der Waals surface area contributed by atoms with Crippen LogP contribution in [-0.2, 0) is 0 Å². The van der Waals surface area contributed by atoms with E-state index in [1.54, 1.807) is 32.4 Å². The first-order valence-corrected chi connectivity index (χ1v) is 8.96. The summed E-state index contributed by atoms with van der Waals surface area (Å²) in [7, 11) is 3.16. The average molecular weight is 375 g/mol. The van der Waals surface area contributed by atoms with Crippen LogP contribution < -0.4 is 14.4 Å². The fraction of sp³-hybridized carbons (Fsp3) is 0.350. The highest BCUT2D eigenvalue weighted by atomic mass is 35.5. The summed E-state index contributed by atoms with van der Waals surface area (Å²) in [5.74, 6) is 1.28. The van der Waals surface area contributed by atoms with E-state index in [2.05, 4.69) is 9.80 Å². The van der Waals surface area contributed by atoms with E-state index in [4.69, 9.17) is 21.1 Å². The van der Waals surface area contributed by atoms with Gasteiger partial charge in [0.15, 0.2) is 5.78 Å². The van der Waals surface area contributed by atoms with Crippen molar-refractivity contribution in [1.29, 1.82) is 0 Å². The number of piperazine rings is 1. The predicted molar refractivity (Wildman–Crippen MR) is 104 cm³/mol. The molecule has 2 aromatic rings. The Hall–Kier alpha value is -2.24. The van der Waals surface area contributed by atoms with Gasteiger partial charge in [-0.3, -0.25) is 9.69 Å². The number of benzene rings is 2. The van der Waals surface area contributed by atoms with Crippen LogP contribution in [0.2, 0.25) is 5.02 Å². The average Bonchev–Trinajstić information content (AvgIpc) is 2.68. The number of carbonyl (C=O) groups excluding carboxylic acids is 1. The van der Waals surface area contributed by atoms with Crippen LogP contribution in [-0.4, -0.2) is 57.6 Å². The Labute approximate surface area is 159 Å². The second-order valence-corrected chi connectivity index (χ2v) is 6.67. The molecule has 1 heterocycles. The molecular formula is C20H23ClN2O3. The number of ether oxygens (including phenoxy) is 2. The van der Waals surface area contributed by atoms with Crippen molar-refractivity contribution in [2.75, 3.05) is 51.8 Å². The molecule has 26 heavy (non-hydrogen) atoms. The molecular weight excluding hydrogens is 352 g/mol. The monoisotopic (exact) mass is 374 g/mol. The predicted octanol–water partition coefficient (Wildman–Crippen LogP) is 3.36. The molecule has 0 N–H and O–H groups in total. The molecule has 5 nitrogen and oxygen atoms in total. The summed E-state index contributed by atoms with van der Waals surface area (Å²) in [5.41, 5.74) is 1.72. The molecule has 3 rings (SSSR count). The van der Waals surface area contributed by atoms with Crippen LogP contribution >= 0.6 is 11.6 Å². The zero-order valence-corrected chi connectivity index (χ0v) is 15.8. The molecule has 0 aromatic heterocycles. The first-order valence-electron chi connectivity index (χ1n) is 8.59. The van der Waals surface area contributed by atoms with E-state index in [9.17, 15) is 4.79 Å². The number of Topliss-reactive ketones (excluding diaryl/α,β-unsaturated/α-hetero) is 1. The number of hydrogen-bond donors (Lipinski definition) is 0. The number of halogens is 1. The van der Waals surface area contributed by atoms with E-state index in [1.165, 1.54) is 0 Å². The van der Waals surface area contributed by atoms with Crippen molar-refractivity contribution in [2.45, 2.75) is 0 Å². The van der Waals surface area contributed by atoms with Crippen molar-refractivity contribution in [1.82, 2.24) is 4.90 Å². The second kappa shape index (κ2) is 8.43. The normalized spacial score (nSPS) is 15.0. The summed E-state index contributed by atoms with van der Waals surface area (Å²) in [4.78, 5) is 17.2. The largest absolute Gasteiger partial charge is 0.497 e. The molecule has 1 aliphatic heterocycles. The Bertz CT molecular complexity index is 756. The van der Waals surface area contributed by atoms with Gasteiger partial charge in [-0.2, -0.15) is 0 Å². The summed E-state index contributed by atoms with van der Waals surface area (Å²) in [6.45, 7) is 3.80. The highest BCUT2D eigenvalue weighted by Gasteiger charge is 2.21. The Morgan fingerprint density at radius 2 is 1.69 bits per heavy atom. The molecule has 138 valence electrons. The van der Waals surface area contributed by atoms with Gasteiger partial charge < -0.3 is 14.4 Å². The Balaban J connectivity index is 1.61. The molecule has 0 aliphatic carbocycles. The fourth-order valence-electron chi connectivity index (χ4n) is 3.14. The fourth-order valence-corrected chi connectivity index (χ4v) is 3.26. The number of anilines is 1. The van der Waals surface area contributed by atoms with Crippen LogP contribution in [0.3, 0.4) is 0 Å². The van der Waals surface area contributed by atoms with Crippen molar-refractivity contribution in [3.63, 3.8) is 0 Å². The molecule has 1 saturated heterocycles. The first kappa shape index (κ1) is 18.5. The van der Waals surface area contributed by atoms with E-state index in [0.717, 1.165) is 36.9 Å². The zero-order valence-electron chi connectivity index (χ0n) is 15.1. The van der Waals surface area contributed by atoms with Gasteiger partial charge in [0.2, 0.25) is 0 Å². The third kappa shape index (κ3) is 4.29. The van der Waals surface area contributed by atoms with Gasteiger partial charge in [0, 0.05) is 36.9 Å². The summed E-state index contributed by atoms with van der Waals surface area (Å²) < 4.78 is 10.6. The molecule has 1 aliphatic rings. The van der Waals surface area contributed by atoms with Crippen LogP contribution in [0.15, 0.2) is 42.5 Å². The highest BCUT2D eigenvalue weighted by molar-refractivity contribution is 6.30. The van der Waals surface area contributed by atoms with Gasteiger partial charge in [0.25, 0.3) is 0 Å². The van der Waals surface area contributed by atoms with Gasteiger partial charge in [-0.15, -0.1) is 0 Å². The van der Waals surface area contributed by atoms with Gasteiger partial charge in [-0.1, -0.05) is 11.6 Å². The lowest BCUT2D eigenvalue weighted by atomic mass is 10.1. The Kier molecular flexibility index (Phi) is 6.01. The van der Waals surface area contributed by atoms with Gasteiger partial charge in [0.05, 0.1) is 26.3 Å². The van der Waals surface area contributed by atoms with E-state index in [0.29, 0.717) is 23.6 Å². The van der Waals surface area contributed by atoms with Crippen molar-refractivity contribution < 1.29 is 14.3 Å². The van der Waals surface area contributed by atoms with E-state index >= 15 is 0 Å². The molecule has 0 saturated carbocycles. The van der Waals surface area contributed by atoms with E-state index in [1.807, 2.05) is 24.3 Å². The molecule has 0 bridgehead atoms. The van der Waals surface area contributed by atoms with E-state index < -0.39 is 0 Å². The maximum Gasteiger partial charge on any atom is 0.180 e. The van der Waals surface area contributed by atoms with Crippen LogP contribution in [0.25, 0.3) is 0 Å². The van der Waals surface area contributed by atoms with Crippen molar-refractivity contribution >= 4 is 23.1 Å². The maximum atomic E-state index is 12.7. The maximum absolute atomic E-state index is 12.7. The van der Waals surface area contributed by atoms with Crippen LogP contribution in [0.1, 0.15) is 10.4 Å². The molecule has 0 unspecified atom stereocenters. The highest BCUT2D eigenvalue weighted by Crippen LogP contribution is 2.25. The van der Waals surface area contributed by atoms with Crippen molar-refractivity contribution in [2.24, 2.45) is 0 Å². The third-order valence-corrected chi connectivity index (χ3v) is 4.89. The number of methoxy groups -OCH3 is 2. The summed E-state index contributed by atoms with van der Waals surface area (Å²) in [6.07, 6.45) is 0. The first-order chi connectivity index (χ1) is 12.6. The standard InChI is InChI=1S/C20H23ClN2O3/c1-25-17-7-8-20(26-2)18(13-17)19(24)14-22-9-11-23(12-10-22)16-5-3-15(21)4-6-16/h3-8,13H,9-12,14H2,1-2H3. The summed E-state index contributed by atoms with van der Waals surface area (Å²) in [6, 6.07) is 13.2. The second-order valence-electron chi connectivity index (χ2n) is 6.23. The van der Waals surface area contributed by atoms with Crippen LogP contribution in [0.5, 0.6) is 11.5 Å². The molecule has 6 heteroatoms. The lowest BCUT2D eigenvalue weighted by Gasteiger charge is -2.35. The smallest absolute Gasteiger partial charge is 0.180 e. The van der Waals surface area contributed by atoms with Gasteiger partial charge in [-0.25, -0.2) is 0 Å². The lowest BCUT2D eigenvalue weighted by Crippen LogP contribution is -2.48. The SMILES string of the molecule is COc1ccc(OC)c(C(=O)CN2CCN(c3ccc(Cl)cc3)CC2)c1. The quantitative estimate of drug-likeness (QED) is 0.725. The molecule has 2 aromatic carbocycles. The molecule has 0 radical (unpaired) electrons. The number of carbonyl (C=O) groups is 1. The topological polar surface area (TPSA) is 42.0 Å². The van der Waals surface area contributed by atoms with Gasteiger partial charge >= 0.3 is 0 Å². The van der Waals surface area contributed by atoms with Crippen LogP contribution in [0.4, 0.5) is 5.69 Å². The molecule has 0 amide bonds. The Morgan fingerprint density at radius 1 is 1.00 bits per heavy atom. The van der Waals surface area contributed by atoms with Gasteiger partial charge in [0.1, 0.15) is 11.5 Å². The molecule has 1 fully saturated rings. The van der Waals surface area contributed by atoms with Gasteiger partial charge in [-0.05, 0) is 42.5 Å². The van der Waals surface area contributed by atoms with Crippen molar-refractivity contribution in [3.8, 4) is 11.5 Å². The minimum absolute atomic E-state index is 0.0423. The van der Waals surface area contributed by atoms with Crippen LogP contribution in [0, 0.1) is 0 Å². The number of hydrogen-bond acceptors (Lipinski definition) is 5. The Morgan fingerprint density at radius 3 is 2.31 bits per heavy atom. The summed E-state index contributed by atoms with van der Waals surface area (Å²) in [5, 5.41) is 0.741. The summed E-state index contributed by atoms with van der Waals surface area (Å²) >= 11 is 5.95. The minimum Gasteiger partial charge on any atom is -0.497 e. The zero-order chi connectivity index (χ0) is 18.5. The minimum atomic E-state index is 0.0423. The number of rotatable bonds is 6. The van der Waals surface area contributed by atoms with E-state index in [-0.39, 0.29) is 5.78 Å². The molecule has 0 atom stereocenters. The number of ketones is 1. The molecule has 0 spiro atoms. The third-order valence-electron chi connectivity index (χ3n) is 4.64. The van der Waals surface area contributed by atoms with Crippen molar-refractivity contribution in [3.05, 3.63) is 53.1 Å². The lowest BCUT2D eigenvalue weighted by molar-refractivity contribution is 0.0923. The number of nitrogens with zero attached hydrogens (tertiary/aromatic N) is 2.